The number of aromatic nitrogens is 1. The number of nitrogens with zero attached hydrogens (tertiary/aromatic N) is 1. The van der Waals surface area contributed by atoms with E-state index in [9.17, 15) is 0 Å². The number of hydrogen-bond acceptors (Lipinski definition) is 3. The van der Waals surface area contributed by atoms with Crippen LogP contribution in [0.5, 0.6) is 5.88 Å². The molecule has 3 heteroatoms. The molecule has 0 bridgehead atoms. The van der Waals surface area contributed by atoms with Crippen molar-refractivity contribution in [3.8, 4) is 5.88 Å². The fourth-order valence-electron chi connectivity index (χ4n) is 0.859. The van der Waals surface area contributed by atoms with Crippen LogP contribution >= 0.6 is 0 Å². The van der Waals surface area contributed by atoms with Crippen LogP contribution in [0.25, 0.3) is 0 Å². The van der Waals surface area contributed by atoms with Crippen LogP contribution in [0.4, 0.5) is 5.69 Å². The van der Waals surface area contributed by atoms with Gasteiger partial charge in [0.2, 0.25) is 5.88 Å². The first-order valence-corrected chi connectivity index (χ1v) is 4.10. The van der Waals surface area contributed by atoms with Crippen molar-refractivity contribution < 1.29 is 4.74 Å². The highest BCUT2D eigenvalue weighted by molar-refractivity contribution is 5.42. The van der Waals surface area contributed by atoms with Crippen LogP contribution in [0.3, 0.4) is 0 Å². The molecule has 0 atom stereocenters. The van der Waals surface area contributed by atoms with E-state index in [0.29, 0.717) is 5.88 Å². The van der Waals surface area contributed by atoms with Crippen LogP contribution in [0.15, 0.2) is 30.5 Å². The number of nitrogens with one attached hydrogen (secondary N) is 1. The molecular weight excluding hydrogens is 164 g/mol. The lowest BCUT2D eigenvalue weighted by atomic mass is 10.3. The van der Waals surface area contributed by atoms with E-state index in [1.807, 2.05) is 19.1 Å². The van der Waals surface area contributed by atoms with Gasteiger partial charge in [0.25, 0.3) is 0 Å². The molecule has 0 saturated heterocycles. The van der Waals surface area contributed by atoms with Gasteiger partial charge in [0, 0.05) is 12.6 Å². The highest BCUT2D eigenvalue weighted by atomic mass is 16.5. The molecule has 0 fully saturated rings. The molecule has 0 spiro atoms. The lowest BCUT2D eigenvalue weighted by molar-refractivity contribution is 0.398. The monoisotopic (exact) mass is 178 g/mol. The summed E-state index contributed by atoms with van der Waals surface area (Å²) in [7, 11) is 1.60. The Balaban J connectivity index is 2.54. The van der Waals surface area contributed by atoms with Gasteiger partial charge in [0.05, 0.1) is 19.0 Å². The minimum absolute atomic E-state index is 0.626. The molecule has 3 nitrogen and oxygen atoms in total. The number of rotatable bonds is 4. The number of anilines is 1. The van der Waals surface area contributed by atoms with Crippen LogP contribution in [-0.4, -0.2) is 18.6 Å². The van der Waals surface area contributed by atoms with E-state index < -0.39 is 0 Å². The molecule has 1 rings (SSSR count). The lowest BCUT2D eigenvalue weighted by Crippen LogP contribution is -2.02. The summed E-state index contributed by atoms with van der Waals surface area (Å²) in [6, 6.07) is 3.75. The van der Waals surface area contributed by atoms with Gasteiger partial charge in [-0.3, -0.25) is 0 Å². The third-order valence-electron chi connectivity index (χ3n) is 1.54. The fourth-order valence-corrected chi connectivity index (χ4v) is 0.859. The zero-order valence-electron chi connectivity index (χ0n) is 8.00. The Kier molecular flexibility index (Phi) is 3.31. The first-order chi connectivity index (χ1) is 6.22. The Bertz CT molecular complexity index is 279. The standard InChI is InChI=1S/C10H14N2O/c1-8(2)6-11-9-4-5-10(13-3)12-7-9/h4-5,7,11H,1,6H2,2-3H3. The molecule has 0 aliphatic carbocycles. The average Bonchev–Trinajstić information content (AvgIpc) is 2.15. The quantitative estimate of drug-likeness (QED) is 0.717. The van der Waals surface area contributed by atoms with Crippen LogP contribution in [0.1, 0.15) is 6.92 Å². The first-order valence-electron chi connectivity index (χ1n) is 4.10. The summed E-state index contributed by atoms with van der Waals surface area (Å²) < 4.78 is 4.94. The van der Waals surface area contributed by atoms with Gasteiger partial charge in [-0.15, -0.1) is 0 Å². The van der Waals surface area contributed by atoms with Gasteiger partial charge < -0.3 is 10.1 Å². The maximum atomic E-state index is 4.94. The molecule has 1 aromatic rings. The van der Waals surface area contributed by atoms with E-state index in [0.717, 1.165) is 17.8 Å². The molecule has 0 amide bonds. The smallest absolute Gasteiger partial charge is 0.213 e. The van der Waals surface area contributed by atoms with Gasteiger partial charge in [-0.25, -0.2) is 4.98 Å². The molecule has 1 aromatic heterocycles. The lowest BCUT2D eigenvalue weighted by Gasteiger charge is -2.05. The first kappa shape index (κ1) is 9.58. The predicted octanol–water partition coefficient (Wildman–Crippen LogP) is 2.08. The SMILES string of the molecule is C=C(C)CNc1ccc(OC)nc1. The van der Waals surface area contributed by atoms with Gasteiger partial charge in [-0.2, -0.15) is 0 Å². The highest BCUT2D eigenvalue weighted by Gasteiger charge is 1.93. The largest absolute Gasteiger partial charge is 0.481 e. The van der Waals surface area contributed by atoms with Crippen molar-refractivity contribution in [2.75, 3.05) is 19.0 Å². The Morgan fingerprint density at radius 3 is 2.85 bits per heavy atom. The van der Waals surface area contributed by atoms with E-state index in [4.69, 9.17) is 4.74 Å². The summed E-state index contributed by atoms with van der Waals surface area (Å²) in [5.41, 5.74) is 2.07. The second kappa shape index (κ2) is 4.50. The minimum Gasteiger partial charge on any atom is -0.481 e. The number of ether oxygens (including phenoxy) is 1. The molecule has 0 aromatic carbocycles. The van der Waals surface area contributed by atoms with Crippen molar-refractivity contribution in [1.29, 1.82) is 0 Å². The van der Waals surface area contributed by atoms with Crippen LogP contribution in [0, 0.1) is 0 Å². The Morgan fingerprint density at radius 1 is 1.62 bits per heavy atom. The Hall–Kier alpha value is -1.51. The Morgan fingerprint density at radius 2 is 2.38 bits per heavy atom. The predicted molar refractivity (Wildman–Crippen MR) is 54.1 cm³/mol. The van der Waals surface area contributed by atoms with E-state index in [1.165, 1.54) is 0 Å². The molecule has 0 saturated carbocycles. The van der Waals surface area contributed by atoms with Crippen molar-refractivity contribution >= 4 is 5.69 Å². The topological polar surface area (TPSA) is 34.1 Å². The van der Waals surface area contributed by atoms with E-state index in [1.54, 1.807) is 13.3 Å². The van der Waals surface area contributed by atoms with Crippen molar-refractivity contribution in [2.24, 2.45) is 0 Å². The number of hydrogen-bond donors (Lipinski definition) is 1. The summed E-state index contributed by atoms with van der Waals surface area (Å²) in [5, 5.41) is 3.18. The zero-order valence-corrected chi connectivity index (χ0v) is 8.00. The Labute approximate surface area is 78.4 Å². The maximum Gasteiger partial charge on any atom is 0.213 e. The van der Waals surface area contributed by atoms with Crippen LogP contribution in [0.2, 0.25) is 0 Å². The molecule has 0 unspecified atom stereocenters. The normalized spacial score (nSPS) is 9.38. The summed E-state index contributed by atoms with van der Waals surface area (Å²) in [6.07, 6.45) is 1.74. The molecule has 0 aliphatic rings. The van der Waals surface area contributed by atoms with Crippen molar-refractivity contribution in [3.05, 3.63) is 30.5 Å². The fraction of sp³-hybridized carbons (Fsp3) is 0.300. The molecule has 1 heterocycles. The zero-order chi connectivity index (χ0) is 9.68. The van der Waals surface area contributed by atoms with Gasteiger partial charge in [-0.05, 0) is 13.0 Å². The molecule has 0 aliphatic heterocycles. The van der Waals surface area contributed by atoms with Crippen LogP contribution < -0.4 is 10.1 Å². The number of methoxy groups -OCH3 is 1. The third-order valence-corrected chi connectivity index (χ3v) is 1.54. The van der Waals surface area contributed by atoms with Gasteiger partial charge in [0.1, 0.15) is 0 Å². The molecule has 1 N–H and O–H groups in total. The summed E-state index contributed by atoms with van der Waals surface area (Å²) in [6.45, 7) is 6.54. The highest BCUT2D eigenvalue weighted by Crippen LogP contribution is 2.10. The van der Waals surface area contributed by atoms with Crippen molar-refractivity contribution in [2.45, 2.75) is 6.92 Å². The van der Waals surface area contributed by atoms with Gasteiger partial charge in [0.15, 0.2) is 0 Å². The van der Waals surface area contributed by atoms with E-state index in [2.05, 4.69) is 16.9 Å². The van der Waals surface area contributed by atoms with Gasteiger partial charge in [-0.1, -0.05) is 12.2 Å². The summed E-state index contributed by atoms with van der Waals surface area (Å²) in [4.78, 5) is 4.06. The summed E-state index contributed by atoms with van der Waals surface area (Å²) in [5.74, 6) is 0.626. The molecule has 0 radical (unpaired) electrons. The maximum absolute atomic E-state index is 4.94. The molecule has 70 valence electrons. The van der Waals surface area contributed by atoms with Crippen molar-refractivity contribution in [1.82, 2.24) is 4.98 Å². The summed E-state index contributed by atoms with van der Waals surface area (Å²) >= 11 is 0. The van der Waals surface area contributed by atoms with E-state index in [-0.39, 0.29) is 0 Å². The number of pyridine rings is 1. The van der Waals surface area contributed by atoms with Crippen LogP contribution in [-0.2, 0) is 0 Å². The average molecular weight is 178 g/mol. The van der Waals surface area contributed by atoms with Crippen molar-refractivity contribution in [3.63, 3.8) is 0 Å². The van der Waals surface area contributed by atoms with E-state index >= 15 is 0 Å². The molecule has 13 heavy (non-hydrogen) atoms. The second-order valence-corrected chi connectivity index (χ2v) is 2.90. The second-order valence-electron chi connectivity index (χ2n) is 2.90. The van der Waals surface area contributed by atoms with Gasteiger partial charge >= 0.3 is 0 Å². The third kappa shape index (κ3) is 3.15. The molecular formula is C10H14N2O. The minimum atomic E-state index is 0.626.